The summed E-state index contributed by atoms with van der Waals surface area (Å²) in [5.41, 5.74) is 0.941. The molecule has 1 aromatic carbocycles. The molecular weight excluding hydrogens is 208 g/mol. The number of hydrogen-bond donors (Lipinski definition) is 0. The normalized spacial score (nSPS) is 7.47. The van der Waals surface area contributed by atoms with Crippen LogP contribution >= 0.6 is 12.2 Å². The molecule has 0 atom stereocenters. The number of nitrogens with zero attached hydrogens (tertiary/aromatic N) is 2. The molecule has 0 heterocycles. The van der Waals surface area contributed by atoms with E-state index >= 15 is 0 Å². The highest BCUT2D eigenvalue weighted by Gasteiger charge is 1.98. The summed E-state index contributed by atoms with van der Waals surface area (Å²) in [6, 6.07) is 11.2. The lowest BCUT2D eigenvalue weighted by molar-refractivity contribution is -0.117. The first kappa shape index (κ1) is 13.2. The highest BCUT2D eigenvalue weighted by atomic mass is 32.1. The van der Waals surface area contributed by atoms with Gasteiger partial charge in [-0.15, -0.1) is 0 Å². The average molecular weight is 218 g/mol. The van der Waals surface area contributed by atoms with E-state index in [1.165, 1.54) is 6.92 Å². The van der Waals surface area contributed by atoms with Gasteiger partial charge in [-0.2, -0.15) is 10.3 Å². The Morgan fingerprint density at radius 2 is 2.00 bits per heavy atom. The van der Waals surface area contributed by atoms with E-state index < -0.39 is 0 Å². The van der Waals surface area contributed by atoms with Crippen molar-refractivity contribution in [2.45, 2.75) is 13.3 Å². The fourth-order valence-electron chi connectivity index (χ4n) is 0.861. The van der Waals surface area contributed by atoms with E-state index in [1.807, 2.05) is 35.5 Å². The summed E-state index contributed by atoms with van der Waals surface area (Å²) in [4.78, 5) is 14.3. The predicted octanol–water partition coefficient (Wildman–Crippen LogP) is 2.39. The number of isothiocyanates is 1. The van der Waals surface area contributed by atoms with Gasteiger partial charge in [-0.05, 0) is 17.8 Å². The van der Waals surface area contributed by atoms with Gasteiger partial charge in [0.2, 0.25) is 0 Å². The van der Waals surface area contributed by atoms with Crippen molar-refractivity contribution in [1.82, 2.24) is 0 Å². The Bertz CT molecular complexity index is 389. The maximum absolute atomic E-state index is 10.9. The number of thiocarbonyl (C=S) groups is 1. The van der Waals surface area contributed by atoms with Crippen LogP contribution in [-0.4, -0.2) is 11.1 Å². The van der Waals surface area contributed by atoms with Gasteiger partial charge in [0, 0.05) is 6.92 Å². The highest BCUT2D eigenvalue weighted by Crippen LogP contribution is 1.99. The molecule has 0 saturated heterocycles. The fraction of sp³-hybridized carbons (Fsp3) is 0.182. The summed E-state index contributed by atoms with van der Waals surface area (Å²) in [5.74, 6) is -0.254. The standard InChI is InChI=1S/C9H7NOS.C2H3N/c11-9(10-7-12)6-8-4-2-1-3-5-8;1-2-3/h1-5H,6H2;1H3. The second-order valence-corrected chi connectivity index (χ2v) is 2.67. The first-order valence-corrected chi connectivity index (χ1v) is 4.61. The van der Waals surface area contributed by atoms with E-state index in [2.05, 4.69) is 17.2 Å². The topological polar surface area (TPSA) is 53.2 Å². The van der Waals surface area contributed by atoms with Gasteiger partial charge in [0.05, 0.1) is 17.7 Å². The molecule has 0 bridgehead atoms. The molecule has 15 heavy (non-hydrogen) atoms. The van der Waals surface area contributed by atoms with Crippen molar-refractivity contribution in [2.75, 3.05) is 0 Å². The lowest BCUT2D eigenvalue weighted by Crippen LogP contribution is -1.97. The van der Waals surface area contributed by atoms with Gasteiger partial charge in [-0.3, -0.25) is 4.79 Å². The molecule has 0 N–H and O–H groups in total. The quantitative estimate of drug-likeness (QED) is 0.565. The summed E-state index contributed by atoms with van der Waals surface area (Å²) in [6.45, 7) is 1.43. The molecule has 0 spiro atoms. The van der Waals surface area contributed by atoms with Gasteiger partial charge >= 0.3 is 0 Å². The summed E-state index contributed by atoms with van der Waals surface area (Å²) < 4.78 is 0. The average Bonchev–Trinajstić information content (AvgIpc) is 2.20. The van der Waals surface area contributed by atoms with Gasteiger partial charge in [-0.1, -0.05) is 30.3 Å². The summed E-state index contributed by atoms with van der Waals surface area (Å²) in [5, 5.41) is 9.37. The number of benzene rings is 1. The third-order valence-electron chi connectivity index (χ3n) is 1.37. The third kappa shape index (κ3) is 7.27. The first-order chi connectivity index (χ1) is 7.24. The van der Waals surface area contributed by atoms with Crippen molar-refractivity contribution >= 4 is 23.3 Å². The van der Waals surface area contributed by atoms with Gasteiger partial charge in [-0.25, -0.2) is 0 Å². The SMILES string of the molecule is CC#N.O=C(Cc1ccccc1)N=C=S. The monoisotopic (exact) mass is 218 g/mol. The van der Waals surface area contributed by atoms with Gasteiger partial charge in [0.1, 0.15) is 0 Å². The van der Waals surface area contributed by atoms with Crippen molar-refractivity contribution < 1.29 is 4.79 Å². The predicted molar refractivity (Wildman–Crippen MR) is 61.5 cm³/mol. The van der Waals surface area contributed by atoms with E-state index in [0.717, 1.165) is 5.56 Å². The molecular formula is C11H10N2OS. The summed E-state index contributed by atoms with van der Waals surface area (Å²) >= 11 is 4.31. The van der Waals surface area contributed by atoms with E-state index in [4.69, 9.17) is 5.26 Å². The van der Waals surface area contributed by atoms with E-state index in [0.29, 0.717) is 6.42 Å². The molecule has 3 nitrogen and oxygen atoms in total. The Morgan fingerprint density at radius 1 is 1.47 bits per heavy atom. The minimum absolute atomic E-state index is 0.254. The molecule has 0 radical (unpaired) electrons. The zero-order chi connectivity index (χ0) is 11.5. The van der Waals surface area contributed by atoms with Crippen LogP contribution < -0.4 is 0 Å². The minimum Gasteiger partial charge on any atom is -0.271 e. The van der Waals surface area contributed by atoms with Crippen molar-refractivity contribution in [3.8, 4) is 6.07 Å². The number of nitriles is 1. The minimum atomic E-state index is -0.254. The second kappa shape index (κ2) is 8.76. The van der Waals surface area contributed by atoms with E-state index in [-0.39, 0.29) is 5.91 Å². The molecule has 4 heteroatoms. The van der Waals surface area contributed by atoms with Gasteiger partial charge in [0.15, 0.2) is 0 Å². The molecule has 0 aromatic heterocycles. The van der Waals surface area contributed by atoms with Gasteiger partial charge in [0.25, 0.3) is 5.91 Å². The van der Waals surface area contributed by atoms with Crippen molar-refractivity contribution in [3.05, 3.63) is 35.9 Å². The van der Waals surface area contributed by atoms with Crippen LogP contribution in [0.3, 0.4) is 0 Å². The molecule has 0 aliphatic rings. The lowest BCUT2D eigenvalue weighted by Gasteiger charge is -1.93. The summed E-state index contributed by atoms with van der Waals surface area (Å²) in [6.07, 6.45) is 0.296. The van der Waals surface area contributed by atoms with Crippen LogP contribution in [0.25, 0.3) is 0 Å². The molecule has 1 aromatic rings. The Morgan fingerprint density at radius 3 is 2.47 bits per heavy atom. The number of aliphatic imine (C=N–C) groups is 1. The molecule has 0 aliphatic heterocycles. The number of hydrogen-bond acceptors (Lipinski definition) is 3. The molecule has 1 amide bonds. The fourth-order valence-corrected chi connectivity index (χ4v) is 0.963. The van der Waals surface area contributed by atoms with Crippen molar-refractivity contribution in [3.63, 3.8) is 0 Å². The zero-order valence-corrected chi connectivity index (χ0v) is 9.12. The maximum Gasteiger partial charge on any atom is 0.258 e. The Balaban J connectivity index is 0.000000583. The van der Waals surface area contributed by atoms with Crippen molar-refractivity contribution in [1.29, 1.82) is 5.26 Å². The van der Waals surface area contributed by atoms with E-state index in [9.17, 15) is 4.79 Å². The van der Waals surface area contributed by atoms with Crippen LogP contribution in [-0.2, 0) is 11.2 Å². The Labute approximate surface area is 94.1 Å². The molecule has 0 fully saturated rings. The summed E-state index contributed by atoms with van der Waals surface area (Å²) in [7, 11) is 0. The molecule has 0 unspecified atom stereocenters. The molecule has 76 valence electrons. The molecule has 0 saturated carbocycles. The molecule has 0 aliphatic carbocycles. The highest BCUT2D eigenvalue weighted by molar-refractivity contribution is 7.78. The maximum atomic E-state index is 10.9. The zero-order valence-electron chi connectivity index (χ0n) is 8.30. The Kier molecular flexibility index (Phi) is 7.70. The van der Waals surface area contributed by atoms with Crippen LogP contribution in [0.2, 0.25) is 0 Å². The van der Waals surface area contributed by atoms with Crippen molar-refractivity contribution in [2.24, 2.45) is 4.99 Å². The number of amides is 1. The smallest absolute Gasteiger partial charge is 0.258 e. The van der Waals surface area contributed by atoms with Crippen LogP contribution in [0.5, 0.6) is 0 Å². The number of carbonyl (C=O) groups is 1. The second-order valence-electron chi connectivity index (χ2n) is 2.48. The largest absolute Gasteiger partial charge is 0.271 e. The third-order valence-corrected chi connectivity index (χ3v) is 1.46. The number of rotatable bonds is 2. The lowest BCUT2D eigenvalue weighted by atomic mass is 10.1. The van der Waals surface area contributed by atoms with Crippen LogP contribution in [0.4, 0.5) is 0 Å². The van der Waals surface area contributed by atoms with Crippen LogP contribution in [0.1, 0.15) is 12.5 Å². The van der Waals surface area contributed by atoms with Crippen LogP contribution in [0, 0.1) is 11.3 Å². The molecule has 1 rings (SSSR count). The van der Waals surface area contributed by atoms with Gasteiger partial charge < -0.3 is 0 Å². The number of carbonyl (C=O) groups excluding carboxylic acids is 1. The Hall–Kier alpha value is -1.82. The van der Waals surface area contributed by atoms with Crippen LogP contribution in [0.15, 0.2) is 35.3 Å². The first-order valence-electron chi connectivity index (χ1n) is 4.20. The van der Waals surface area contributed by atoms with E-state index in [1.54, 1.807) is 6.07 Å².